The maximum atomic E-state index is 14.6. The predicted molar refractivity (Wildman–Crippen MR) is 116 cm³/mol. The van der Waals surface area contributed by atoms with Gasteiger partial charge in [-0.15, -0.1) is 0 Å². The van der Waals surface area contributed by atoms with Crippen LogP contribution in [-0.4, -0.2) is 23.6 Å². The fourth-order valence-corrected chi connectivity index (χ4v) is 3.56. The molecular formula is C23H18ClF2N3O4. The van der Waals surface area contributed by atoms with Gasteiger partial charge in [-0.1, -0.05) is 23.7 Å². The zero-order chi connectivity index (χ0) is 23.4. The number of pyridine rings is 1. The highest BCUT2D eigenvalue weighted by Crippen LogP contribution is 2.37. The molecule has 4 rings (SSSR count). The van der Waals surface area contributed by atoms with Gasteiger partial charge in [0.1, 0.15) is 29.6 Å². The molecule has 0 spiro atoms. The highest BCUT2D eigenvalue weighted by Gasteiger charge is 2.30. The van der Waals surface area contributed by atoms with Crippen LogP contribution in [0.25, 0.3) is 0 Å². The maximum Gasteiger partial charge on any atom is 0.408 e. The van der Waals surface area contributed by atoms with Crippen LogP contribution in [0, 0.1) is 11.6 Å². The molecule has 1 aliphatic rings. The summed E-state index contributed by atoms with van der Waals surface area (Å²) in [6, 6.07) is 10.9. The largest absolute Gasteiger partial charge is 0.492 e. The van der Waals surface area contributed by atoms with Gasteiger partial charge >= 0.3 is 6.09 Å². The summed E-state index contributed by atoms with van der Waals surface area (Å²) < 4.78 is 38.8. The monoisotopic (exact) mass is 473 g/mol. The number of aromatic nitrogens is 1. The average Bonchev–Trinajstić information content (AvgIpc) is 2.80. The van der Waals surface area contributed by atoms with Gasteiger partial charge in [-0.3, -0.25) is 9.78 Å². The van der Waals surface area contributed by atoms with E-state index in [9.17, 15) is 18.4 Å². The normalized spacial score (nSPS) is 14.6. The number of rotatable bonds is 5. The summed E-state index contributed by atoms with van der Waals surface area (Å²) in [5, 5.41) is 5.01. The van der Waals surface area contributed by atoms with E-state index in [0.29, 0.717) is 17.7 Å². The minimum absolute atomic E-state index is 0.0138. The Morgan fingerprint density at radius 2 is 1.97 bits per heavy atom. The third-order valence-corrected chi connectivity index (χ3v) is 5.23. The van der Waals surface area contributed by atoms with Crippen LogP contribution in [0.4, 0.5) is 19.3 Å². The van der Waals surface area contributed by atoms with Crippen LogP contribution in [0.2, 0.25) is 5.02 Å². The number of hydrogen-bond donors (Lipinski definition) is 2. The Labute approximate surface area is 192 Å². The summed E-state index contributed by atoms with van der Waals surface area (Å²) in [7, 11) is 0. The number of hydrogen-bond acceptors (Lipinski definition) is 5. The van der Waals surface area contributed by atoms with E-state index in [4.69, 9.17) is 21.1 Å². The van der Waals surface area contributed by atoms with Crippen molar-refractivity contribution in [3.63, 3.8) is 0 Å². The topological polar surface area (TPSA) is 89.5 Å². The zero-order valence-corrected chi connectivity index (χ0v) is 17.9. The van der Waals surface area contributed by atoms with Crippen molar-refractivity contribution in [2.75, 3.05) is 11.9 Å². The lowest BCUT2D eigenvalue weighted by atomic mass is 9.97. The Bertz CT molecular complexity index is 1190. The van der Waals surface area contributed by atoms with E-state index in [1.54, 1.807) is 24.4 Å². The van der Waals surface area contributed by atoms with Crippen molar-refractivity contribution >= 4 is 29.3 Å². The van der Waals surface area contributed by atoms with Crippen LogP contribution in [0.1, 0.15) is 34.1 Å². The SMILES string of the molecule is O=C(N[C@H]1CCOc2c1ccc(F)c2C(=O)Nc1ccc(F)c(Cl)c1)OCc1ccccn1. The summed E-state index contributed by atoms with van der Waals surface area (Å²) in [5.41, 5.74) is 0.870. The lowest BCUT2D eigenvalue weighted by molar-refractivity contribution is 0.101. The van der Waals surface area contributed by atoms with Crippen molar-refractivity contribution in [1.82, 2.24) is 10.3 Å². The predicted octanol–water partition coefficient (Wildman–Crippen LogP) is 5.02. The first-order valence-electron chi connectivity index (χ1n) is 9.97. The van der Waals surface area contributed by atoms with E-state index >= 15 is 0 Å². The van der Waals surface area contributed by atoms with E-state index in [2.05, 4.69) is 15.6 Å². The van der Waals surface area contributed by atoms with Crippen molar-refractivity contribution in [1.29, 1.82) is 0 Å². The van der Waals surface area contributed by atoms with E-state index in [-0.39, 0.29) is 35.2 Å². The lowest BCUT2D eigenvalue weighted by Gasteiger charge is -2.28. The fraction of sp³-hybridized carbons (Fsp3) is 0.174. The molecule has 0 saturated carbocycles. The number of amides is 2. The molecule has 1 aromatic heterocycles. The molecule has 3 aromatic rings. The molecule has 0 aliphatic carbocycles. The molecule has 2 heterocycles. The minimum Gasteiger partial charge on any atom is -0.492 e. The van der Waals surface area contributed by atoms with Crippen LogP contribution in [0.3, 0.4) is 0 Å². The molecule has 0 unspecified atom stereocenters. The number of nitrogens with one attached hydrogen (secondary N) is 2. The first-order valence-corrected chi connectivity index (χ1v) is 10.3. The maximum absolute atomic E-state index is 14.6. The standard InChI is InChI=1S/C23H18ClF2N3O4/c24-16-11-13(4-6-17(16)25)28-22(30)20-18(26)7-5-15-19(8-10-32-21(15)20)29-23(31)33-12-14-3-1-2-9-27-14/h1-7,9,11,19H,8,10,12H2,(H,28,30)(H,29,31)/t19-/m0/s1. The van der Waals surface area contributed by atoms with Gasteiger partial charge in [0.05, 0.1) is 23.4 Å². The number of ether oxygens (including phenoxy) is 2. The third-order valence-electron chi connectivity index (χ3n) is 4.94. The van der Waals surface area contributed by atoms with Gasteiger partial charge < -0.3 is 20.1 Å². The Balaban J connectivity index is 1.51. The van der Waals surface area contributed by atoms with E-state index < -0.39 is 29.7 Å². The first-order chi connectivity index (χ1) is 15.9. The molecule has 1 aliphatic heterocycles. The van der Waals surface area contributed by atoms with Crippen molar-refractivity contribution in [3.05, 3.63) is 88.2 Å². The molecule has 2 amide bonds. The second-order valence-electron chi connectivity index (χ2n) is 7.16. The summed E-state index contributed by atoms with van der Waals surface area (Å²) in [4.78, 5) is 29.2. The van der Waals surface area contributed by atoms with Crippen molar-refractivity contribution < 1.29 is 27.8 Å². The van der Waals surface area contributed by atoms with Gasteiger partial charge in [-0.25, -0.2) is 13.6 Å². The van der Waals surface area contributed by atoms with E-state index in [1.165, 1.54) is 18.2 Å². The van der Waals surface area contributed by atoms with Crippen LogP contribution in [0.5, 0.6) is 5.75 Å². The minimum atomic E-state index is -0.808. The molecule has 2 N–H and O–H groups in total. The molecule has 170 valence electrons. The molecular weight excluding hydrogens is 456 g/mol. The number of carbonyl (C=O) groups is 2. The molecule has 0 bridgehead atoms. The van der Waals surface area contributed by atoms with E-state index in [0.717, 1.165) is 12.1 Å². The molecule has 0 radical (unpaired) electrons. The first kappa shape index (κ1) is 22.5. The van der Waals surface area contributed by atoms with Crippen molar-refractivity contribution in [2.45, 2.75) is 19.1 Å². The van der Waals surface area contributed by atoms with Gasteiger partial charge in [0.2, 0.25) is 0 Å². The summed E-state index contributed by atoms with van der Waals surface area (Å²) in [6.07, 6.45) is 1.30. The molecule has 2 aromatic carbocycles. The van der Waals surface area contributed by atoms with Gasteiger partial charge in [-0.05, 0) is 36.4 Å². The summed E-state index contributed by atoms with van der Waals surface area (Å²) in [5.74, 6) is -2.24. The quantitative estimate of drug-likeness (QED) is 0.543. The number of fused-ring (bicyclic) bond motifs is 1. The number of carbonyl (C=O) groups excluding carboxylic acids is 2. The van der Waals surface area contributed by atoms with Gasteiger partial charge in [0.25, 0.3) is 5.91 Å². The van der Waals surface area contributed by atoms with Crippen LogP contribution >= 0.6 is 11.6 Å². The number of alkyl carbamates (subject to hydrolysis) is 1. The van der Waals surface area contributed by atoms with Crippen molar-refractivity contribution in [2.24, 2.45) is 0 Å². The molecule has 10 heteroatoms. The molecule has 0 fully saturated rings. The summed E-state index contributed by atoms with van der Waals surface area (Å²) >= 11 is 5.74. The molecule has 7 nitrogen and oxygen atoms in total. The Kier molecular flexibility index (Phi) is 6.69. The second-order valence-corrected chi connectivity index (χ2v) is 7.56. The number of halogens is 3. The molecule has 0 saturated heterocycles. The van der Waals surface area contributed by atoms with Gasteiger partial charge in [-0.2, -0.15) is 0 Å². The second kappa shape index (κ2) is 9.83. The van der Waals surface area contributed by atoms with Crippen LogP contribution in [-0.2, 0) is 11.3 Å². The van der Waals surface area contributed by atoms with Crippen LogP contribution in [0.15, 0.2) is 54.7 Å². The Hall–Kier alpha value is -3.72. The zero-order valence-electron chi connectivity index (χ0n) is 17.1. The van der Waals surface area contributed by atoms with Crippen LogP contribution < -0.4 is 15.4 Å². The highest BCUT2D eigenvalue weighted by atomic mass is 35.5. The Morgan fingerprint density at radius 1 is 1.15 bits per heavy atom. The fourth-order valence-electron chi connectivity index (χ4n) is 3.37. The third kappa shape index (κ3) is 5.20. The Morgan fingerprint density at radius 3 is 2.73 bits per heavy atom. The highest BCUT2D eigenvalue weighted by molar-refractivity contribution is 6.31. The molecule has 33 heavy (non-hydrogen) atoms. The van der Waals surface area contributed by atoms with Crippen molar-refractivity contribution in [3.8, 4) is 5.75 Å². The average molecular weight is 474 g/mol. The van der Waals surface area contributed by atoms with E-state index in [1.807, 2.05) is 0 Å². The lowest BCUT2D eigenvalue weighted by Crippen LogP contribution is -2.33. The number of nitrogens with zero attached hydrogens (tertiary/aromatic N) is 1. The van der Waals surface area contributed by atoms with Gasteiger partial charge in [0.15, 0.2) is 0 Å². The number of anilines is 1. The summed E-state index contributed by atoms with van der Waals surface area (Å²) in [6.45, 7) is 0.129. The van der Waals surface area contributed by atoms with Gasteiger partial charge in [0, 0.05) is 23.9 Å². The number of benzene rings is 2. The smallest absolute Gasteiger partial charge is 0.408 e. The molecule has 1 atom stereocenters.